The number of alkyl halides is 3. The fraction of sp³-hybridized carbons (Fsp3) is 0.500. The van der Waals surface area contributed by atoms with Crippen LogP contribution in [0.1, 0.15) is 36.6 Å². The topological polar surface area (TPSA) is 54.2 Å². The van der Waals surface area contributed by atoms with Gasteiger partial charge in [0.2, 0.25) is 0 Å². The molecular formula is C16H23F3IN5S. The fourth-order valence-corrected chi connectivity index (χ4v) is 3.10. The van der Waals surface area contributed by atoms with Gasteiger partial charge in [0.15, 0.2) is 11.7 Å². The largest absolute Gasteiger partial charge is 0.435 e. The van der Waals surface area contributed by atoms with Gasteiger partial charge in [0.05, 0.1) is 6.54 Å². The van der Waals surface area contributed by atoms with Crippen LogP contribution in [0.15, 0.2) is 28.0 Å². The van der Waals surface area contributed by atoms with E-state index in [0.29, 0.717) is 19.0 Å². The number of aryl methyl sites for hydroxylation is 1. The quantitative estimate of drug-likeness (QED) is 0.358. The van der Waals surface area contributed by atoms with E-state index in [1.54, 1.807) is 11.3 Å². The van der Waals surface area contributed by atoms with E-state index >= 15 is 0 Å². The SMILES string of the molecule is CCNC(=NCc1cn(C)nc1C(F)(F)F)NCC(C)c1ccsc1.I. The molecule has 0 aromatic carbocycles. The van der Waals surface area contributed by atoms with Gasteiger partial charge in [0, 0.05) is 31.9 Å². The molecule has 0 saturated heterocycles. The summed E-state index contributed by atoms with van der Waals surface area (Å²) in [6.45, 7) is 5.16. The maximum atomic E-state index is 13.0. The van der Waals surface area contributed by atoms with Crippen molar-refractivity contribution < 1.29 is 13.2 Å². The lowest BCUT2D eigenvalue weighted by Gasteiger charge is -2.15. The Hall–Kier alpha value is -1.30. The second-order valence-corrected chi connectivity index (χ2v) is 6.49. The zero-order valence-electron chi connectivity index (χ0n) is 14.8. The molecule has 0 fully saturated rings. The Balaban J connectivity index is 0.00000338. The molecular weight excluding hydrogens is 478 g/mol. The van der Waals surface area contributed by atoms with Crippen molar-refractivity contribution in [1.29, 1.82) is 0 Å². The van der Waals surface area contributed by atoms with Crippen molar-refractivity contribution in [3.05, 3.63) is 39.8 Å². The summed E-state index contributed by atoms with van der Waals surface area (Å²) in [5.74, 6) is 0.765. The van der Waals surface area contributed by atoms with Gasteiger partial charge >= 0.3 is 6.18 Å². The summed E-state index contributed by atoms with van der Waals surface area (Å²) in [5.41, 5.74) is 0.388. The standard InChI is InChI=1S/C16H22F3N5S.HI/c1-4-20-15(21-7-11(2)12-5-6-25-10-12)22-8-13-9-24(3)23-14(13)16(17,18)19;/h5-6,9-11H,4,7-8H2,1-3H3,(H2,20,21,22);1H. The average molecular weight is 501 g/mol. The minimum atomic E-state index is -4.48. The summed E-state index contributed by atoms with van der Waals surface area (Å²) in [6, 6.07) is 2.06. The molecule has 5 nitrogen and oxygen atoms in total. The number of aromatic nitrogens is 2. The van der Waals surface area contributed by atoms with Crippen LogP contribution < -0.4 is 10.6 Å². The van der Waals surface area contributed by atoms with E-state index in [4.69, 9.17) is 0 Å². The van der Waals surface area contributed by atoms with Crippen molar-refractivity contribution in [2.75, 3.05) is 13.1 Å². The Morgan fingerprint density at radius 2 is 2.12 bits per heavy atom. The highest BCUT2D eigenvalue weighted by Gasteiger charge is 2.36. The summed E-state index contributed by atoms with van der Waals surface area (Å²) in [4.78, 5) is 4.27. The van der Waals surface area contributed by atoms with Crippen LogP contribution in [0.25, 0.3) is 0 Å². The van der Waals surface area contributed by atoms with Crippen LogP contribution in [0.5, 0.6) is 0 Å². The number of nitrogens with zero attached hydrogens (tertiary/aromatic N) is 3. The van der Waals surface area contributed by atoms with E-state index in [9.17, 15) is 13.2 Å². The molecule has 0 saturated carbocycles. The first kappa shape index (κ1) is 22.7. The Labute approximate surface area is 172 Å². The monoisotopic (exact) mass is 501 g/mol. The van der Waals surface area contributed by atoms with Gasteiger partial charge in [-0.15, -0.1) is 24.0 Å². The van der Waals surface area contributed by atoms with Gasteiger partial charge in [-0.3, -0.25) is 4.68 Å². The molecule has 2 aromatic heterocycles. The minimum absolute atomic E-state index is 0. The maximum Gasteiger partial charge on any atom is 0.435 e. The first-order chi connectivity index (χ1) is 11.8. The molecule has 0 aliphatic carbocycles. The zero-order valence-corrected chi connectivity index (χ0v) is 17.9. The third kappa shape index (κ3) is 6.45. The molecule has 0 radical (unpaired) electrons. The molecule has 0 spiro atoms. The number of aliphatic imine (C=N–C) groups is 1. The highest BCUT2D eigenvalue weighted by molar-refractivity contribution is 14.0. The molecule has 0 aliphatic heterocycles. The molecule has 1 atom stereocenters. The normalized spacial score (nSPS) is 13.2. The van der Waals surface area contributed by atoms with Crippen molar-refractivity contribution in [2.24, 2.45) is 12.0 Å². The Morgan fingerprint density at radius 3 is 2.69 bits per heavy atom. The number of thiophene rings is 1. The molecule has 1 unspecified atom stereocenters. The number of hydrogen-bond acceptors (Lipinski definition) is 3. The summed E-state index contributed by atoms with van der Waals surface area (Å²) < 4.78 is 40.1. The molecule has 0 aliphatic rings. The molecule has 2 aromatic rings. The Morgan fingerprint density at radius 1 is 1.38 bits per heavy atom. The predicted molar refractivity (Wildman–Crippen MR) is 109 cm³/mol. The molecule has 0 bridgehead atoms. The van der Waals surface area contributed by atoms with Crippen LogP contribution in [0.3, 0.4) is 0 Å². The highest BCUT2D eigenvalue weighted by Crippen LogP contribution is 2.30. The lowest BCUT2D eigenvalue weighted by Crippen LogP contribution is -2.39. The first-order valence-electron chi connectivity index (χ1n) is 7.95. The van der Waals surface area contributed by atoms with E-state index in [1.165, 1.54) is 18.8 Å². The van der Waals surface area contributed by atoms with Gasteiger partial charge < -0.3 is 10.6 Å². The van der Waals surface area contributed by atoms with Crippen LogP contribution in [-0.4, -0.2) is 28.8 Å². The van der Waals surface area contributed by atoms with E-state index < -0.39 is 11.9 Å². The van der Waals surface area contributed by atoms with Gasteiger partial charge in [-0.2, -0.15) is 29.6 Å². The van der Waals surface area contributed by atoms with Crippen molar-refractivity contribution in [3.63, 3.8) is 0 Å². The third-order valence-electron chi connectivity index (χ3n) is 3.61. The highest BCUT2D eigenvalue weighted by atomic mass is 127. The molecule has 2 N–H and O–H groups in total. The molecule has 146 valence electrons. The van der Waals surface area contributed by atoms with Crippen molar-refractivity contribution >= 4 is 41.3 Å². The molecule has 0 amide bonds. The van der Waals surface area contributed by atoms with Gasteiger partial charge in [-0.1, -0.05) is 6.92 Å². The minimum Gasteiger partial charge on any atom is -0.357 e. The smallest absolute Gasteiger partial charge is 0.357 e. The van der Waals surface area contributed by atoms with Crippen LogP contribution in [0.4, 0.5) is 13.2 Å². The summed E-state index contributed by atoms with van der Waals surface area (Å²) in [7, 11) is 1.47. The van der Waals surface area contributed by atoms with Crippen LogP contribution in [-0.2, 0) is 19.8 Å². The number of nitrogens with one attached hydrogen (secondary N) is 2. The lowest BCUT2D eigenvalue weighted by atomic mass is 10.1. The summed E-state index contributed by atoms with van der Waals surface area (Å²) in [6.07, 6.45) is -3.13. The number of halogens is 4. The maximum absolute atomic E-state index is 13.0. The van der Waals surface area contributed by atoms with E-state index in [1.807, 2.05) is 12.3 Å². The van der Waals surface area contributed by atoms with Crippen LogP contribution in [0.2, 0.25) is 0 Å². The second kappa shape index (κ2) is 10.1. The summed E-state index contributed by atoms with van der Waals surface area (Å²) in [5, 5.41) is 13.8. The fourth-order valence-electron chi connectivity index (χ4n) is 2.32. The molecule has 26 heavy (non-hydrogen) atoms. The van der Waals surface area contributed by atoms with Gasteiger partial charge in [-0.25, -0.2) is 4.99 Å². The third-order valence-corrected chi connectivity index (χ3v) is 4.31. The molecule has 2 rings (SSSR count). The Bertz CT molecular complexity index is 697. The molecule has 2 heterocycles. The second-order valence-electron chi connectivity index (χ2n) is 5.71. The van der Waals surface area contributed by atoms with Gasteiger partial charge in [0.25, 0.3) is 0 Å². The van der Waals surface area contributed by atoms with Crippen molar-refractivity contribution in [1.82, 2.24) is 20.4 Å². The summed E-state index contributed by atoms with van der Waals surface area (Å²) >= 11 is 1.64. The van der Waals surface area contributed by atoms with Gasteiger partial charge in [-0.05, 0) is 35.2 Å². The van der Waals surface area contributed by atoms with Crippen LogP contribution in [0, 0.1) is 0 Å². The van der Waals surface area contributed by atoms with Crippen molar-refractivity contribution in [3.8, 4) is 0 Å². The zero-order chi connectivity index (χ0) is 18.4. The number of guanidine groups is 1. The van der Waals surface area contributed by atoms with Crippen LogP contribution >= 0.6 is 35.3 Å². The van der Waals surface area contributed by atoms with E-state index in [0.717, 1.165) is 4.68 Å². The molecule has 10 heteroatoms. The van der Waals surface area contributed by atoms with E-state index in [2.05, 4.69) is 39.1 Å². The van der Waals surface area contributed by atoms with Crippen molar-refractivity contribution in [2.45, 2.75) is 32.5 Å². The number of rotatable bonds is 6. The van der Waals surface area contributed by atoms with E-state index in [-0.39, 0.29) is 42.0 Å². The average Bonchev–Trinajstić information content (AvgIpc) is 3.18. The first-order valence-corrected chi connectivity index (χ1v) is 8.89. The van der Waals surface area contributed by atoms with Gasteiger partial charge in [0.1, 0.15) is 0 Å². The predicted octanol–water partition coefficient (Wildman–Crippen LogP) is 3.98. The number of hydrogen-bond donors (Lipinski definition) is 2. The lowest BCUT2D eigenvalue weighted by molar-refractivity contribution is -0.142. The Kier molecular flexibility index (Phi) is 8.87.